The number of benzene rings is 1. The van der Waals surface area contributed by atoms with Crippen LogP contribution in [0.1, 0.15) is 13.3 Å². The van der Waals surface area contributed by atoms with E-state index in [9.17, 15) is 9.59 Å². The first kappa shape index (κ1) is 16.5. The van der Waals surface area contributed by atoms with Crippen LogP contribution in [0.25, 0.3) is 0 Å². The number of hydrogen-bond acceptors (Lipinski definition) is 3. The van der Waals surface area contributed by atoms with Gasteiger partial charge >= 0.3 is 5.97 Å². The summed E-state index contributed by atoms with van der Waals surface area (Å²) >= 11 is 3.33. The Balaban J connectivity index is 2.32. The molecule has 0 heterocycles. The van der Waals surface area contributed by atoms with Crippen molar-refractivity contribution in [1.82, 2.24) is 4.90 Å². The number of nitrogens with zero attached hydrogens (tertiary/aromatic N) is 1. The third kappa shape index (κ3) is 5.61. The maximum atomic E-state index is 11.8. The molecule has 0 aliphatic rings. The maximum absolute atomic E-state index is 11.8. The van der Waals surface area contributed by atoms with Crippen molar-refractivity contribution in [2.24, 2.45) is 5.92 Å². The summed E-state index contributed by atoms with van der Waals surface area (Å²) in [6, 6.07) is 7.34. The van der Waals surface area contributed by atoms with Crippen molar-refractivity contribution in [3.05, 3.63) is 28.7 Å². The van der Waals surface area contributed by atoms with E-state index in [0.717, 1.165) is 4.47 Å². The van der Waals surface area contributed by atoms with Gasteiger partial charge in [0.15, 0.2) is 0 Å². The summed E-state index contributed by atoms with van der Waals surface area (Å²) in [5.74, 6) is -0.912. The standard InChI is InChI=1S/C14H18BrNO4/c1-10(14(18)19)9-16(2)13(17)7-8-20-12-5-3-11(15)4-6-12/h3-6,10H,7-9H2,1-2H3,(H,18,19). The van der Waals surface area contributed by atoms with E-state index >= 15 is 0 Å². The van der Waals surface area contributed by atoms with Crippen LogP contribution < -0.4 is 4.74 Å². The number of carbonyl (C=O) groups is 2. The van der Waals surface area contributed by atoms with Crippen LogP contribution in [0.5, 0.6) is 5.75 Å². The van der Waals surface area contributed by atoms with Crippen molar-refractivity contribution < 1.29 is 19.4 Å². The number of rotatable bonds is 7. The lowest BCUT2D eigenvalue weighted by Gasteiger charge is -2.19. The second-order valence-corrected chi connectivity index (χ2v) is 5.48. The second kappa shape index (κ2) is 7.89. The van der Waals surface area contributed by atoms with Crippen LogP contribution in [-0.2, 0) is 9.59 Å². The zero-order valence-corrected chi connectivity index (χ0v) is 13.1. The lowest BCUT2D eigenvalue weighted by molar-refractivity contribution is -0.142. The molecule has 0 aliphatic carbocycles. The normalized spacial score (nSPS) is 11.8. The smallest absolute Gasteiger partial charge is 0.308 e. The molecule has 5 nitrogen and oxygen atoms in total. The fourth-order valence-electron chi connectivity index (χ4n) is 1.57. The molecule has 1 aromatic carbocycles. The number of halogens is 1. The molecule has 0 bridgehead atoms. The lowest BCUT2D eigenvalue weighted by Crippen LogP contribution is -2.34. The minimum absolute atomic E-state index is 0.129. The summed E-state index contributed by atoms with van der Waals surface area (Å²) in [5, 5.41) is 8.79. The molecule has 1 aromatic rings. The zero-order chi connectivity index (χ0) is 15.1. The maximum Gasteiger partial charge on any atom is 0.308 e. The van der Waals surface area contributed by atoms with Gasteiger partial charge in [-0.1, -0.05) is 22.9 Å². The predicted molar refractivity (Wildman–Crippen MR) is 78.7 cm³/mol. The van der Waals surface area contributed by atoms with Gasteiger partial charge in [-0.15, -0.1) is 0 Å². The highest BCUT2D eigenvalue weighted by Crippen LogP contribution is 2.16. The topological polar surface area (TPSA) is 66.8 Å². The van der Waals surface area contributed by atoms with E-state index in [1.165, 1.54) is 4.90 Å². The summed E-state index contributed by atoms with van der Waals surface area (Å²) in [6.07, 6.45) is 0.221. The highest BCUT2D eigenvalue weighted by molar-refractivity contribution is 9.10. The summed E-state index contributed by atoms with van der Waals surface area (Å²) in [4.78, 5) is 23.9. The Morgan fingerprint density at radius 1 is 1.35 bits per heavy atom. The highest BCUT2D eigenvalue weighted by atomic mass is 79.9. The summed E-state index contributed by atoms with van der Waals surface area (Å²) < 4.78 is 6.41. The van der Waals surface area contributed by atoms with Gasteiger partial charge in [-0.05, 0) is 24.3 Å². The van der Waals surface area contributed by atoms with Crippen LogP contribution in [0.2, 0.25) is 0 Å². The van der Waals surface area contributed by atoms with Gasteiger partial charge in [0, 0.05) is 18.1 Å². The zero-order valence-electron chi connectivity index (χ0n) is 11.5. The molecular formula is C14H18BrNO4. The van der Waals surface area contributed by atoms with Crippen molar-refractivity contribution in [2.45, 2.75) is 13.3 Å². The van der Waals surface area contributed by atoms with Crippen LogP contribution in [0.15, 0.2) is 28.7 Å². The second-order valence-electron chi connectivity index (χ2n) is 4.57. The fourth-order valence-corrected chi connectivity index (χ4v) is 1.83. The average Bonchev–Trinajstić information content (AvgIpc) is 2.40. The Bertz CT molecular complexity index is 461. The van der Waals surface area contributed by atoms with Gasteiger partial charge in [0.25, 0.3) is 0 Å². The van der Waals surface area contributed by atoms with Gasteiger partial charge in [0.1, 0.15) is 5.75 Å². The average molecular weight is 344 g/mol. The first-order valence-corrected chi connectivity index (χ1v) is 7.04. The molecule has 1 unspecified atom stereocenters. The van der Waals surface area contributed by atoms with E-state index in [1.54, 1.807) is 14.0 Å². The van der Waals surface area contributed by atoms with Crippen LogP contribution in [0, 0.1) is 5.92 Å². The van der Waals surface area contributed by atoms with E-state index in [1.807, 2.05) is 24.3 Å². The third-order valence-corrected chi connectivity index (χ3v) is 3.32. The number of amides is 1. The van der Waals surface area contributed by atoms with Crippen LogP contribution in [0.3, 0.4) is 0 Å². The molecular weight excluding hydrogens is 326 g/mol. The first-order chi connectivity index (χ1) is 9.40. The highest BCUT2D eigenvalue weighted by Gasteiger charge is 2.17. The Labute approximate surface area is 126 Å². The van der Waals surface area contributed by atoms with Gasteiger partial charge in [-0.3, -0.25) is 9.59 Å². The van der Waals surface area contributed by atoms with E-state index in [-0.39, 0.29) is 25.5 Å². The van der Waals surface area contributed by atoms with E-state index in [2.05, 4.69) is 15.9 Å². The molecule has 0 saturated heterocycles. The number of carboxylic acids is 1. The molecule has 1 N–H and O–H groups in total. The molecule has 1 rings (SSSR count). The molecule has 0 saturated carbocycles. The molecule has 0 fully saturated rings. The number of ether oxygens (including phenoxy) is 1. The molecule has 1 atom stereocenters. The van der Waals surface area contributed by atoms with Crippen molar-refractivity contribution >= 4 is 27.8 Å². The number of carboxylic acid groups (broad SMARTS) is 1. The van der Waals surface area contributed by atoms with Crippen molar-refractivity contribution in [3.8, 4) is 5.75 Å². The number of carbonyl (C=O) groups excluding carboxylic acids is 1. The molecule has 110 valence electrons. The van der Waals surface area contributed by atoms with E-state index in [0.29, 0.717) is 5.75 Å². The molecule has 0 aliphatic heterocycles. The Morgan fingerprint density at radius 2 is 1.95 bits per heavy atom. The molecule has 0 radical (unpaired) electrons. The molecule has 1 amide bonds. The fraction of sp³-hybridized carbons (Fsp3) is 0.429. The molecule has 6 heteroatoms. The van der Waals surface area contributed by atoms with Gasteiger partial charge in [-0.2, -0.15) is 0 Å². The number of hydrogen-bond donors (Lipinski definition) is 1. The monoisotopic (exact) mass is 343 g/mol. The minimum Gasteiger partial charge on any atom is -0.493 e. The summed E-state index contributed by atoms with van der Waals surface area (Å²) in [5.41, 5.74) is 0. The quantitative estimate of drug-likeness (QED) is 0.825. The van der Waals surface area contributed by atoms with Crippen molar-refractivity contribution in [3.63, 3.8) is 0 Å². The van der Waals surface area contributed by atoms with Gasteiger partial charge in [0.05, 0.1) is 18.9 Å². The van der Waals surface area contributed by atoms with Gasteiger partial charge < -0.3 is 14.7 Å². The van der Waals surface area contributed by atoms with Crippen LogP contribution >= 0.6 is 15.9 Å². The first-order valence-electron chi connectivity index (χ1n) is 6.25. The van der Waals surface area contributed by atoms with Crippen molar-refractivity contribution in [2.75, 3.05) is 20.2 Å². The molecule has 0 spiro atoms. The summed E-state index contributed by atoms with van der Waals surface area (Å²) in [7, 11) is 1.60. The number of aliphatic carboxylic acids is 1. The van der Waals surface area contributed by atoms with Crippen LogP contribution in [-0.4, -0.2) is 42.1 Å². The largest absolute Gasteiger partial charge is 0.493 e. The van der Waals surface area contributed by atoms with E-state index in [4.69, 9.17) is 9.84 Å². The molecule has 0 aromatic heterocycles. The van der Waals surface area contributed by atoms with Gasteiger partial charge in [-0.25, -0.2) is 0 Å². The third-order valence-electron chi connectivity index (χ3n) is 2.79. The Kier molecular flexibility index (Phi) is 6.51. The van der Waals surface area contributed by atoms with Gasteiger partial charge in [0.2, 0.25) is 5.91 Å². The van der Waals surface area contributed by atoms with E-state index < -0.39 is 11.9 Å². The lowest BCUT2D eigenvalue weighted by atomic mass is 10.2. The Morgan fingerprint density at radius 3 is 2.50 bits per heavy atom. The molecule has 20 heavy (non-hydrogen) atoms. The van der Waals surface area contributed by atoms with Crippen LogP contribution in [0.4, 0.5) is 0 Å². The van der Waals surface area contributed by atoms with Crippen molar-refractivity contribution in [1.29, 1.82) is 0 Å². The SMILES string of the molecule is CC(CN(C)C(=O)CCOc1ccc(Br)cc1)C(=O)O. The summed E-state index contributed by atoms with van der Waals surface area (Å²) in [6.45, 7) is 2.04. The minimum atomic E-state index is -0.907. The Hall–Kier alpha value is -1.56. The predicted octanol–water partition coefficient (Wildman–Crippen LogP) is 2.40.